The highest BCUT2D eigenvalue weighted by molar-refractivity contribution is 5.98. The molecule has 0 aromatic heterocycles. The number of hydrogen-bond donors (Lipinski definition) is 2. The van der Waals surface area contributed by atoms with Crippen LogP contribution in [0.3, 0.4) is 0 Å². The van der Waals surface area contributed by atoms with E-state index in [1.165, 1.54) is 26.4 Å². The smallest absolute Gasteiger partial charge is 0.255 e. The largest absolute Gasteiger partial charge is 0.494 e. The number of benzene rings is 1. The molecule has 1 amide bonds. The first kappa shape index (κ1) is 14.7. The van der Waals surface area contributed by atoms with Gasteiger partial charge < -0.3 is 15.8 Å². The van der Waals surface area contributed by atoms with Crippen LogP contribution < -0.4 is 15.8 Å². The van der Waals surface area contributed by atoms with Gasteiger partial charge in [-0.25, -0.2) is 0 Å². The molecule has 0 aliphatic heterocycles. The van der Waals surface area contributed by atoms with Crippen molar-refractivity contribution in [2.75, 3.05) is 12.8 Å². The lowest BCUT2D eigenvalue weighted by atomic mass is 9.84. The highest BCUT2D eigenvalue weighted by Gasteiger charge is 2.23. The summed E-state index contributed by atoms with van der Waals surface area (Å²) in [5.41, 5.74) is 6.86. The van der Waals surface area contributed by atoms with Gasteiger partial charge in [0.15, 0.2) is 5.75 Å². The van der Waals surface area contributed by atoms with Gasteiger partial charge in [-0.3, -0.25) is 4.79 Å². The van der Waals surface area contributed by atoms with Crippen LogP contribution in [0, 0.1) is 5.92 Å². The molecule has 0 heterocycles. The van der Waals surface area contributed by atoms with Gasteiger partial charge >= 0.3 is 0 Å². The summed E-state index contributed by atoms with van der Waals surface area (Å²) in [5, 5.41) is 3.13. The molecule has 1 aliphatic carbocycles. The monoisotopic (exact) mass is 276 g/mol. The van der Waals surface area contributed by atoms with Gasteiger partial charge in [0.25, 0.3) is 5.91 Å². The van der Waals surface area contributed by atoms with Gasteiger partial charge in [0.2, 0.25) is 0 Å². The highest BCUT2D eigenvalue weighted by Crippen LogP contribution is 2.29. The summed E-state index contributed by atoms with van der Waals surface area (Å²) in [6.45, 7) is 2.22. The van der Waals surface area contributed by atoms with Crippen LogP contribution >= 0.6 is 0 Å². The Labute approximate surface area is 120 Å². The van der Waals surface area contributed by atoms with Gasteiger partial charge in [-0.2, -0.15) is 0 Å². The fourth-order valence-electron chi connectivity index (χ4n) is 3.02. The molecule has 0 bridgehead atoms. The third kappa shape index (κ3) is 3.24. The average Bonchev–Trinajstić information content (AvgIpc) is 2.47. The Balaban J connectivity index is 2.07. The number of ether oxygens (including phenoxy) is 1. The molecule has 4 nitrogen and oxygen atoms in total. The minimum absolute atomic E-state index is 0.0871. The van der Waals surface area contributed by atoms with E-state index in [-0.39, 0.29) is 11.9 Å². The standard InChI is InChI=1S/C16H24N2O2/c1-3-11-6-4-7-12(10-11)18-16(19)13-8-5-9-14(17)15(13)20-2/h5,8-9,11-12H,3-4,6-7,10,17H2,1-2H3,(H,18,19). The highest BCUT2D eigenvalue weighted by atomic mass is 16.5. The zero-order chi connectivity index (χ0) is 14.5. The maximum Gasteiger partial charge on any atom is 0.255 e. The molecule has 4 heteroatoms. The van der Waals surface area contributed by atoms with E-state index in [9.17, 15) is 4.79 Å². The molecule has 2 unspecified atom stereocenters. The van der Waals surface area contributed by atoms with Crippen LogP contribution in [0.4, 0.5) is 5.69 Å². The quantitative estimate of drug-likeness (QED) is 0.831. The van der Waals surface area contributed by atoms with Crippen molar-refractivity contribution in [1.29, 1.82) is 0 Å². The number of nitrogens with one attached hydrogen (secondary N) is 1. The third-order valence-electron chi connectivity index (χ3n) is 4.19. The normalized spacial score (nSPS) is 22.3. The number of rotatable bonds is 4. The number of anilines is 1. The van der Waals surface area contributed by atoms with E-state index in [0.29, 0.717) is 17.0 Å². The van der Waals surface area contributed by atoms with E-state index in [0.717, 1.165) is 18.8 Å². The second kappa shape index (κ2) is 6.64. The third-order valence-corrected chi connectivity index (χ3v) is 4.19. The van der Waals surface area contributed by atoms with Crippen molar-refractivity contribution in [2.24, 2.45) is 5.92 Å². The minimum atomic E-state index is -0.0871. The van der Waals surface area contributed by atoms with Crippen molar-refractivity contribution < 1.29 is 9.53 Å². The minimum Gasteiger partial charge on any atom is -0.494 e. The van der Waals surface area contributed by atoms with Crippen LogP contribution in [0.2, 0.25) is 0 Å². The van der Waals surface area contributed by atoms with E-state index in [4.69, 9.17) is 10.5 Å². The molecule has 0 radical (unpaired) electrons. The molecule has 1 saturated carbocycles. The van der Waals surface area contributed by atoms with Crippen molar-refractivity contribution in [3.8, 4) is 5.75 Å². The number of para-hydroxylation sites is 1. The fraction of sp³-hybridized carbons (Fsp3) is 0.562. The first-order valence-corrected chi connectivity index (χ1v) is 7.39. The van der Waals surface area contributed by atoms with Crippen LogP contribution in [-0.4, -0.2) is 19.1 Å². The Morgan fingerprint density at radius 2 is 2.25 bits per heavy atom. The predicted molar refractivity (Wildman–Crippen MR) is 80.9 cm³/mol. The Morgan fingerprint density at radius 1 is 1.45 bits per heavy atom. The fourth-order valence-corrected chi connectivity index (χ4v) is 3.02. The number of nitrogens with two attached hydrogens (primary N) is 1. The van der Waals surface area contributed by atoms with Crippen molar-refractivity contribution in [3.05, 3.63) is 23.8 Å². The summed E-state index contributed by atoms with van der Waals surface area (Å²) in [5.74, 6) is 1.11. The molecule has 1 fully saturated rings. The van der Waals surface area contributed by atoms with E-state index in [2.05, 4.69) is 12.2 Å². The summed E-state index contributed by atoms with van der Waals surface area (Å²) in [6.07, 6.45) is 5.80. The van der Waals surface area contributed by atoms with Crippen molar-refractivity contribution >= 4 is 11.6 Å². The summed E-state index contributed by atoms with van der Waals surface area (Å²) < 4.78 is 5.24. The molecule has 1 aromatic carbocycles. The summed E-state index contributed by atoms with van der Waals surface area (Å²) in [7, 11) is 1.54. The van der Waals surface area contributed by atoms with Crippen LogP contribution in [0.5, 0.6) is 5.75 Å². The number of methoxy groups -OCH3 is 1. The predicted octanol–water partition coefficient (Wildman–Crippen LogP) is 2.98. The Bertz CT molecular complexity index is 474. The maximum absolute atomic E-state index is 12.4. The van der Waals surface area contributed by atoms with E-state index in [1.54, 1.807) is 18.2 Å². The van der Waals surface area contributed by atoms with Gasteiger partial charge in [0.05, 0.1) is 18.4 Å². The molecule has 1 aromatic rings. The zero-order valence-electron chi connectivity index (χ0n) is 12.3. The topological polar surface area (TPSA) is 64.4 Å². The molecule has 0 saturated heterocycles. The van der Waals surface area contributed by atoms with Gasteiger partial charge in [0, 0.05) is 6.04 Å². The Kier molecular flexibility index (Phi) is 4.88. The van der Waals surface area contributed by atoms with Crippen molar-refractivity contribution in [3.63, 3.8) is 0 Å². The lowest BCUT2D eigenvalue weighted by Crippen LogP contribution is -2.38. The zero-order valence-corrected chi connectivity index (χ0v) is 12.3. The van der Waals surface area contributed by atoms with Gasteiger partial charge in [-0.1, -0.05) is 32.3 Å². The van der Waals surface area contributed by atoms with Crippen molar-refractivity contribution in [2.45, 2.75) is 45.1 Å². The van der Waals surface area contributed by atoms with Crippen LogP contribution in [0.1, 0.15) is 49.4 Å². The molecule has 2 rings (SSSR count). The van der Waals surface area contributed by atoms with Crippen LogP contribution in [0.25, 0.3) is 0 Å². The van der Waals surface area contributed by atoms with Crippen LogP contribution in [-0.2, 0) is 0 Å². The Hall–Kier alpha value is -1.71. The number of amides is 1. The summed E-state index contributed by atoms with van der Waals surface area (Å²) >= 11 is 0. The molecule has 20 heavy (non-hydrogen) atoms. The molecular weight excluding hydrogens is 252 g/mol. The number of hydrogen-bond acceptors (Lipinski definition) is 3. The SMILES string of the molecule is CCC1CCCC(NC(=O)c2cccc(N)c2OC)C1. The first-order valence-electron chi connectivity index (χ1n) is 7.39. The van der Waals surface area contributed by atoms with Gasteiger partial charge in [-0.15, -0.1) is 0 Å². The molecule has 3 N–H and O–H groups in total. The van der Waals surface area contributed by atoms with E-state index >= 15 is 0 Å². The number of carbonyl (C=O) groups is 1. The second-order valence-electron chi connectivity index (χ2n) is 5.54. The second-order valence-corrected chi connectivity index (χ2v) is 5.54. The molecule has 2 atom stereocenters. The summed E-state index contributed by atoms with van der Waals surface area (Å²) in [4.78, 5) is 12.4. The van der Waals surface area contributed by atoms with Crippen LogP contribution in [0.15, 0.2) is 18.2 Å². The number of nitrogen functional groups attached to an aromatic ring is 1. The molecular formula is C16H24N2O2. The van der Waals surface area contributed by atoms with Gasteiger partial charge in [0.1, 0.15) is 0 Å². The van der Waals surface area contributed by atoms with E-state index in [1.807, 2.05) is 0 Å². The first-order chi connectivity index (χ1) is 9.65. The van der Waals surface area contributed by atoms with E-state index < -0.39 is 0 Å². The molecule has 1 aliphatic rings. The summed E-state index contributed by atoms with van der Waals surface area (Å²) in [6, 6.07) is 5.54. The average molecular weight is 276 g/mol. The molecule has 110 valence electrons. The lowest BCUT2D eigenvalue weighted by Gasteiger charge is -2.29. The number of carbonyl (C=O) groups excluding carboxylic acids is 1. The maximum atomic E-state index is 12.4. The molecule has 0 spiro atoms. The Morgan fingerprint density at radius 3 is 2.95 bits per heavy atom. The van der Waals surface area contributed by atoms with Gasteiger partial charge in [-0.05, 0) is 30.9 Å². The lowest BCUT2D eigenvalue weighted by molar-refractivity contribution is 0.0916. The van der Waals surface area contributed by atoms with Crippen molar-refractivity contribution in [1.82, 2.24) is 5.32 Å².